The van der Waals surface area contributed by atoms with Crippen LogP contribution in [0.1, 0.15) is 45.5 Å². The molecule has 3 rings (SSSR count). The van der Waals surface area contributed by atoms with Crippen molar-refractivity contribution in [3.05, 3.63) is 27.8 Å². The van der Waals surface area contributed by atoms with Crippen LogP contribution in [-0.2, 0) is 25.7 Å². The summed E-state index contributed by atoms with van der Waals surface area (Å²) < 4.78 is 0. The van der Waals surface area contributed by atoms with Crippen LogP contribution in [0.25, 0.3) is 0 Å². The highest BCUT2D eigenvalue weighted by Crippen LogP contribution is 2.40. The lowest BCUT2D eigenvalue weighted by atomic mass is 9.92. The third kappa shape index (κ3) is 1.11. The van der Waals surface area contributed by atoms with Crippen molar-refractivity contribution in [3.63, 3.8) is 0 Å². The van der Waals surface area contributed by atoms with Crippen LogP contribution in [0.5, 0.6) is 0 Å². The molecule has 3 N–H and O–H groups in total. The van der Waals surface area contributed by atoms with Crippen LogP contribution in [0.3, 0.4) is 0 Å². The van der Waals surface area contributed by atoms with E-state index in [9.17, 15) is 9.90 Å². The van der Waals surface area contributed by atoms with Gasteiger partial charge in [-0.25, -0.2) is 4.79 Å². The van der Waals surface area contributed by atoms with Gasteiger partial charge in [-0.15, -0.1) is 0 Å². The molecule has 1 aromatic rings. The lowest BCUT2D eigenvalue weighted by Crippen LogP contribution is -2.11. The number of rotatable bonds is 1. The van der Waals surface area contributed by atoms with Crippen LogP contribution in [-0.4, -0.2) is 11.1 Å². The van der Waals surface area contributed by atoms with E-state index in [1.807, 2.05) is 0 Å². The molecule has 0 aliphatic heterocycles. The first-order valence-corrected chi connectivity index (χ1v) is 5.88. The summed E-state index contributed by atoms with van der Waals surface area (Å²) in [5.74, 6) is -0.856. The van der Waals surface area contributed by atoms with Crippen molar-refractivity contribution in [3.8, 4) is 0 Å². The number of carboxylic acids is 1. The van der Waals surface area contributed by atoms with Crippen LogP contribution in [0.2, 0.25) is 0 Å². The van der Waals surface area contributed by atoms with Crippen molar-refractivity contribution in [2.24, 2.45) is 0 Å². The molecule has 0 spiro atoms. The molecule has 84 valence electrons. The zero-order valence-corrected chi connectivity index (χ0v) is 9.18. The Morgan fingerprint density at radius 1 is 0.938 bits per heavy atom. The Kier molecular flexibility index (Phi) is 1.96. The maximum Gasteiger partial charge on any atom is 0.338 e. The number of aromatic carboxylic acids is 1. The van der Waals surface area contributed by atoms with Gasteiger partial charge in [-0.2, -0.15) is 0 Å². The molecule has 0 unspecified atom stereocenters. The van der Waals surface area contributed by atoms with Gasteiger partial charge in [0.1, 0.15) is 0 Å². The predicted molar refractivity (Wildman–Crippen MR) is 61.9 cm³/mol. The monoisotopic (exact) mass is 217 g/mol. The van der Waals surface area contributed by atoms with Crippen LogP contribution in [0, 0.1) is 0 Å². The molecule has 0 fully saturated rings. The van der Waals surface area contributed by atoms with Gasteiger partial charge >= 0.3 is 5.97 Å². The van der Waals surface area contributed by atoms with Crippen molar-refractivity contribution in [2.75, 3.05) is 5.73 Å². The molecule has 0 radical (unpaired) electrons. The van der Waals surface area contributed by atoms with E-state index in [1.54, 1.807) is 0 Å². The van der Waals surface area contributed by atoms with E-state index in [0.29, 0.717) is 11.3 Å². The highest BCUT2D eigenvalue weighted by Gasteiger charge is 2.29. The number of anilines is 1. The molecule has 0 amide bonds. The Labute approximate surface area is 94.3 Å². The number of fused-ring (bicyclic) bond motifs is 3. The minimum absolute atomic E-state index is 0.396. The van der Waals surface area contributed by atoms with Gasteiger partial charge in [-0.05, 0) is 60.8 Å². The molecule has 0 bridgehead atoms. The largest absolute Gasteiger partial charge is 0.478 e. The summed E-state index contributed by atoms with van der Waals surface area (Å²) in [5.41, 5.74) is 11.8. The fourth-order valence-electron chi connectivity index (χ4n) is 3.28. The average molecular weight is 217 g/mol. The highest BCUT2D eigenvalue weighted by atomic mass is 16.4. The third-order valence-corrected chi connectivity index (χ3v) is 3.91. The number of benzene rings is 1. The molecule has 2 aliphatic rings. The topological polar surface area (TPSA) is 63.3 Å². The zero-order valence-electron chi connectivity index (χ0n) is 9.18. The van der Waals surface area contributed by atoms with E-state index in [1.165, 1.54) is 11.1 Å². The smallest absolute Gasteiger partial charge is 0.338 e. The highest BCUT2D eigenvalue weighted by molar-refractivity contribution is 5.97. The van der Waals surface area contributed by atoms with Crippen LogP contribution in [0.15, 0.2) is 0 Å². The van der Waals surface area contributed by atoms with Crippen LogP contribution < -0.4 is 5.73 Å². The molecule has 0 atom stereocenters. The van der Waals surface area contributed by atoms with Crippen molar-refractivity contribution < 1.29 is 9.90 Å². The second kappa shape index (κ2) is 3.24. The van der Waals surface area contributed by atoms with Crippen molar-refractivity contribution in [1.29, 1.82) is 0 Å². The summed E-state index contributed by atoms with van der Waals surface area (Å²) in [7, 11) is 0. The van der Waals surface area contributed by atoms with E-state index in [0.717, 1.165) is 49.7 Å². The second-order valence-corrected chi connectivity index (χ2v) is 4.72. The summed E-state index contributed by atoms with van der Waals surface area (Å²) in [6.45, 7) is 0. The zero-order chi connectivity index (χ0) is 11.3. The lowest BCUT2D eigenvalue weighted by Gasteiger charge is -2.14. The Morgan fingerprint density at radius 3 is 2.06 bits per heavy atom. The fourth-order valence-corrected chi connectivity index (χ4v) is 3.28. The van der Waals surface area contributed by atoms with Crippen LogP contribution in [0.4, 0.5) is 5.69 Å². The number of carbonyl (C=O) groups is 1. The normalized spacial score (nSPS) is 17.2. The predicted octanol–water partition coefficient (Wildman–Crippen LogP) is 1.94. The molecular weight excluding hydrogens is 202 g/mol. The molecule has 0 saturated heterocycles. The summed E-state index contributed by atoms with van der Waals surface area (Å²) >= 11 is 0. The average Bonchev–Trinajstić information content (AvgIpc) is 2.82. The van der Waals surface area contributed by atoms with Gasteiger partial charge in [-0.3, -0.25) is 0 Å². The van der Waals surface area contributed by atoms with Gasteiger partial charge in [0.15, 0.2) is 0 Å². The summed E-state index contributed by atoms with van der Waals surface area (Å²) in [4.78, 5) is 11.3. The minimum atomic E-state index is -0.856. The maximum atomic E-state index is 11.3. The number of nitrogen functional groups attached to an aromatic ring is 1. The molecule has 3 nitrogen and oxygen atoms in total. The van der Waals surface area contributed by atoms with E-state index in [-0.39, 0.29) is 0 Å². The molecule has 0 heterocycles. The first-order valence-electron chi connectivity index (χ1n) is 5.88. The Hall–Kier alpha value is -1.51. The van der Waals surface area contributed by atoms with E-state index in [2.05, 4.69) is 0 Å². The van der Waals surface area contributed by atoms with Gasteiger partial charge in [0.2, 0.25) is 0 Å². The molecular formula is C13H15NO2. The molecule has 16 heavy (non-hydrogen) atoms. The van der Waals surface area contributed by atoms with Gasteiger partial charge in [0.25, 0.3) is 0 Å². The molecule has 0 aromatic heterocycles. The molecule has 3 heteroatoms. The Morgan fingerprint density at radius 2 is 1.44 bits per heavy atom. The maximum absolute atomic E-state index is 11.3. The Balaban J connectivity index is 2.35. The standard InChI is InChI=1S/C13H15NO2/c14-12-10-6-2-4-8(10)7-3-1-5-9(7)11(12)13(15)16/h1-6,14H2,(H,15,16). The quantitative estimate of drug-likeness (QED) is 0.707. The number of hydrogen-bond acceptors (Lipinski definition) is 2. The second-order valence-electron chi connectivity index (χ2n) is 4.72. The first kappa shape index (κ1) is 9.70. The van der Waals surface area contributed by atoms with E-state index in [4.69, 9.17) is 5.73 Å². The minimum Gasteiger partial charge on any atom is -0.478 e. The lowest BCUT2D eigenvalue weighted by molar-refractivity contribution is 0.0697. The number of nitrogens with two attached hydrogens (primary N) is 1. The number of carboxylic acid groups (broad SMARTS) is 1. The van der Waals surface area contributed by atoms with Gasteiger partial charge in [-0.1, -0.05) is 0 Å². The van der Waals surface area contributed by atoms with Gasteiger partial charge in [0.05, 0.1) is 5.56 Å². The van der Waals surface area contributed by atoms with Gasteiger partial charge in [0, 0.05) is 5.69 Å². The summed E-state index contributed by atoms with van der Waals surface area (Å²) in [6.07, 6.45) is 6.16. The fraction of sp³-hybridized carbons (Fsp3) is 0.462. The summed E-state index contributed by atoms with van der Waals surface area (Å²) in [6, 6.07) is 0. The molecule has 0 saturated carbocycles. The van der Waals surface area contributed by atoms with Gasteiger partial charge < -0.3 is 10.8 Å². The van der Waals surface area contributed by atoms with Crippen molar-refractivity contribution in [1.82, 2.24) is 0 Å². The first-order chi connectivity index (χ1) is 7.70. The van der Waals surface area contributed by atoms with Crippen LogP contribution >= 0.6 is 0 Å². The molecule has 2 aliphatic carbocycles. The Bertz CT molecular complexity index is 491. The van der Waals surface area contributed by atoms with E-state index >= 15 is 0 Å². The number of hydrogen-bond donors (Lipinski definition) is 2. The van der Waals surface area contributed by atoms with Crippen molar-refractivity contribution >= 4 is 11.7 Å². The molecule has 1 aromatic carbocycles. The third-order valence-electron chi connectivity index (χ3n) is 3.91. The SMILES string of the molecule is Nc1c2c(c3c(c1C(=O)O)CCC3)CCC2. The van der Waals surface area contributed by atoms with Crippen molar-refractivity contribution in [2.45, 2.75) is 38.5 Å². The summed E-state index contributed by atoms with van der Waals surface area (Å²) in [5, 5.41) is 9.28. The van der Waals surface area contributed by atoms with E-state index < -0.39 is 5.97 Å².